The van der Waals surface area contributed by atoms with E-state index in [0.29, 0.717) is 5.52 Å². The molecule has 1 aromatic carbocycles. The Hall–Kier alpha value is -2.83. The number of hydrogen-bond acceptors (Lipinski definition) is 4. The first kappa shape index (κ1) is 15.6. The van der Waals surface area contributed by atoms with Crippen molar-refractivity contribution in [2.75, 3.05) is 25.5 Å². The third-order valence-corrected chi connectivity index (χ3v) is 3.37. The van der Waals surface area contributed by atoms with E-state index in [1.165, 1.54) is 17.7 Å². The average Bonchev–Trinajstić information content (AvgIpc) is 2.48. The Kier molecular flexibility index (Phi) is 4.45. The smallest absolute Gasteiger partial charge is 0.323 e. The molecule has 0 radical (unpaired) electrons. The van der Waals surface area contributed by atoms with Gasteiger partial charge in [-0.05, 0) is 24.3 Å². The fraction of sp³-hybridized carbons (Fsp3) is 0.267. The van der Waals surface area contributed by atoms with Gasteiger partial charge in [-0.1, -0.05) is 0 Å². The Labute approximate surface area is 126 Å². The molecule has 2 N–H and O–H groups in total. The van der Waals surface area contributed by atoms with Gasteiger partial charge in [0, 0.05) is 31.2 Å². The lowest BCUT2D eigenvalue weighted by atomic mass is 10.1. The van der Waals surface area contributed by atoms with Crippen LogP contribution in [-0.2, 0) is 16.1 Å². The molecule has 0 atom stereocenters. The number of carboxylic acid groups (broad SMARTS) is 1. The van der Waals surface area contributed by atoms with Crippen molar-refractivity contribution in [2.45, 2.75) is 6.54 Å². The van der Waals surface area contributed by atoms with Gasteiger partial charge in [0.2, 0.25) is 5.91 Å². The van der Waals surface area contributed by atoms with E-state index in [0.717, 1.165) is 11.1 Å². The second kappa shape index (κ2) is 6.30. The van der Waals surface area contributed by atoms with Gasteiger partial charge in [-0.15, -0.1) is 0 Å². The molecule has 0 bridgehead atoms. The highest BCUT2D eigenvalue weighted by atomic mass is 16.4. The molecular formula is C15H17N3O4. The number of anilines is 1. The second-order valence-corrected chi connectivity index (χ2v) is 4.92. The highest BCUT2D eigenvalue weighted by Gasteiger charge is 2.10. The SMILES string of the molecule is CNC(=O)Cn1c(=O)ccc2cc(N(C)CC(=O)O)ccc21. The molecule has 0 saturated carbocycles. The number of nitrogens with one attached hydrogen (secondary N) is 1. The number of aliphatic carboxylic acids is 1. The Balaban J connectivity index is 2.47. The van der Waals surface area contributed by atoms with Crippen LogP contribution in [0, 0.1) is 0 Å². The van der Waals surface area contributed by atoms with Crippen LogP contribution in [-0.4, -0.2) is 42.2 Å². The highest BCUT2D eigenvalue weighted by Crippen LogP contribution is 2.20. The van der Waals surface area contributed by atoms with Gasteiger partial charge < -0.3 is 15.3 Å². The molecule has 7 nitrogen and oxygen atoms in total. The molecule has 0 aliphatic heterocycles. The van der Waals surface area contributed by atoms with Crippen molar-refractivity contribution in [2.24, 2.45) is 0 Å². The zero-order valence-corrected chi connectivity index (χ0v) is 12.4. The predicted molar refractivity (Wildman–Crippen MR) is 83.2 cm³/mol. The van der Waals surface area contributed by atoms with Gasteiger partial charge in [0.1, 0.15) is 13.1 Å². The van der Waals surface area contributed by atoms with Crippen molar-refractivity contribution in [1.82, 2.24) is 9.88 Å². The molecular weight excluding hydrogens is 286 g/mol. The van der Waals surface area contributed by atoms with Crippen LogP contribution in [0.4, 0.5) is 5.69 Å². The molecule has 0 saturated heterocycles. The molecule has 1 amide bonds. The third kappa shape index (κ3) is 3.25. The normalized spacial score (nSPS) is 10.5. The minimum atomic E-state index is -0.924. The maximum atomic E-state index is 11.9. The molecule has 1 aromatic heterocycles. The quantitative estimate of drug-likeness (QED) is 0.827. The summed E-state index contributed by atoms with van der Waals surface area (Å²) in [5, 5.41) is 12.1. The first-order valence-electron chi connectivity index (χ1n) is 6.69. The van der Waals surface area contributed by atoms with E-state index in [1.54, 1.807) is 36.2 Å². The summed E-state index contributed by atoms with van der Waals surface area (Å²) in [4.78, 5) is 35.8. The standard InChI is InChI=1S/C15H17N3O4/c1-16-13(19)8-18-12-5-4-11(17(2)9-15(21)22)7-10(12)3-6-14(18)20/h3-7H,8-9H2,1-2H3,(H,16,19)(H,21,22). The molecule has 2 aromatic rings. The van der Waals surface area contributed by atoms with Gasteiger partial charge in [-0.3, -0.25) is 19.0 Å². The van der Waals surface area contributed by atoms with E-state index in [9.17, 15) is 14.4 Å². The lowest BCUT2D eigenvalue weighted by molar-refractivity contribution is -0.135. The highest BCUT2D eigenvalue weighted by molar-refractivity contribution is 5.85. The van der Waals surface area contributed by atoms with Crippen molar-refractivity contribution < 1.29 is 14.7 Å². The molecule has 0 fully saturated rings. The fourth-order valence-electron chi connectivity index (χ4n) is 2.21. The van der Waals surface area contributed by atoms with Gasteiger partial charge in [-0.25, -0.2) is 0 Å². The Morgan fingerprint density at radius 2 is 2.00 bits per heavy atom. The molecule has 1 heterocycles. The summed E-state index contributed by atoms with van der Waals surface area (Å²) in [5.74, 6) is -1.19. The van der Waals surface area contributed by atoms with E-state index in [4.69, 9.17) is 5.11 Å². The Bertz CT molecular complexity index is 782. The second-order valence-electron chi connectivity index (χ2n) is 4.92. The molecule has 0 aliphatic carbocycles. The van der Waals surface area contributed by atoms with Crippen molar-refractivity contribution in [1.29, 1.82) is 0 Å². The molecule has 116 valence electrons. The minimum Gasteiger partial charge on any atom is -0.480 e. The number of pyridine rings is 1. The average molecular weight is 303 g/mol. The number of fused-ring (bicyclic) bond motifs is 1. The zero-order valence-electron chi connectivity index (χ0n) is 12.4. The molecule has 2 rings (SSSR count). The summed E-state index contributed by atoms with van der Waals surface area (Å²) in [6.07, 6.45) is 0. The summed E-state index contributed by atoms with van der Waals surface area (Å²) in [5.41, 5.74) is 1.09. The number of hydrogen-bond donors (Lipinski definition) is 2. The largest absolute Gasteiger partial charge is 0.480 e. The van der Waals surface area contributed by atoms with E-state index in [1.807, 2.05) is 0 Å². The summed E-state index contributed by atoms with van der Waals surface area (Å²) < 4.78 is 1.38. The number of amides is 1. The molecule has 0 spiro atoms. The summed E-state index contributed by atoms with van der Waals surface area (Å²) >= 11 is 0. The number of aromatic nitrogens is 1. The first-order chi connectivity index (χ1) is 10.4. The van der Waals surface area contributed by atoms with Crippen LogP contribution in [0.1, 0.15) is 0 Å². The molecule has 22 heavy (non-hydrogen) atoms. The Morgan fingerprint density at radius 1 is 1.27 bits per heavy atom. The van der Waals surface area contributed by atoms with Crippen LogP contribution < -0.4 is 15.8 Å². The fourth-order valence-corrected chi connectivity index (χ4v) is 2.21. The van der Waals surface area contributed by atoms with Crippen molar-refractivity contribution in [3.63, 3.8) is 0 Å². The van der Waals surface area contributed by atoms with E-state index < -0.39 is 5.97 Å². The van der Waals surface area contributed by atoms with Gasteiger partial charge >= 0.3 is 5.97 Å². The Morgan fingerprint density at radius 3 is 2.64 bits per heavy atom. The lowest BCUT2D eigenvalue weighted by Gasteiger charge is -2.18. The first-order valence-corrected chi connectivity index (χ1v) is 6.69. The number of carbonyl (C=O) groups is 2. The maximum Gasteiger partial charge on any atom is 0.323 e. The van der Waals surface area contributed by atoms with Crippen LogP contribution >= 0.6 is 0 Å². The van der Waals surface area contributed by atoms with Crippen LogP contribution in [0.15, 0.2) is 35.1 Å². The number of rotatable bonds is 5. The number of nitrogens with zero attached hydrogens (tertiary/aromatic N) is 2. The molecule has 0 aliphatic rings. The summed E-state index contributed by atoms with van der Waals surface area (Å²) in [7, 11) is 3.19. The maximum absolute atomic E-state index is 11.9. The van der Waals surface area contributed by atoms with Crippen LogP contribution in [0.5, 0.6) is 0 Å². The summed E-state index contributed by atoms with van der Waals surface area (Å²) in [6, 6.07) is 8.29. The van der Waals surface area contributed by atoms with Crippen LogP contribution in [0.2, 0.25) is 0 Å². The van der Waals surface area contributed by atoms with E-state index >= 15 is 0 Å². The van der Waals surface area contributed by atoms with Crippen molar-refractivity contribution in [3.8, 4) is 0 Å². The number of carboxylic acids is 1. The van der Waals surface area contributed by atoms with Gasteiger partial charge in [0.25, 0.3) is 5.56 Å². The van der Waals surface area contributed by atoms with E-state index in [2.05, 4.69) is 5.32 Å². The number of benzene rings is 1. The van der Waals surface area contributed by atoms with Gasteiger partial charge in [0.15, 0.2) is 0 Å². The van der Waals surface area contributed by atoms with Crippen LogP contribution in [0.25, 0.3) is 10.9 Å². The number of carbonyl (C=O) groups excluding carboxylic acids is 1. The zero-order chi connectivity index (χ0) is 16.3. The number of likely N-dealkylation sites (N-methyl/N-ethyl adjacent to an activating group) is 2. The summed E-state index contributed by atoms with van der Waals surface area (Å²) in [6.45, 7) is -0.180. The van der Waals surface area contributed by atoms with Crippen molar-refractivity contribution in [3.05, 3.63) is 40.7 Å². The van der Waals surface area contributed by atoms with Gasteiger partial charge in [-0.2, -0.15) is 0 Å². The predicted octanol–water partition coefficient (Wildman–Crippen LogP) is 0.268. The van der Waals surface area contributed by atoms with Crippen molar-refractivity contribution >= 4 is 28.5 Å². The van der Waals surface area contributed by atoms with Crippen LogP contribution in [0.3, 0.4) is 0 Å². The van der Waals surface area contributed by atoms with Gasteiger partial charge in [0.05, 0.1) is 5.52 Å². The third-order valence-electron chi connectivity index (χ3n) is 3.37. The topological polar surface area (TPSA) is 91.6 Å². The minimum absolute atomic E-state index is 0.0585. The van der Waals surface area contributed by atoms with E-state index in [-0.39, 0.29) is 24.6 Å². The lowest BCUT2D eigenvalue weighted by Crippen LogP contribution is -2.30. The monoisotopic (exact) mass is 303 g/mol. The molecule has 7 heteroatoms. The molecule has 0 unspecified atom stereocenters.